The van der Waals surface area contributed by atoms with E-state index in [-0.39, 0.29) is 6.61 Å². The first-order chi connectivity index (χ1) is 7.17. The third kappa shape index (κ3) is 3.14. The number of nitrogens with zero attached hydrogens (tertiary/aromatic N) is 1. The number of pyridine rings is 1. The van der Waals surface area contributed by atoms with Crippen molar-refractivity contribution >= 4 is 11.6 Å². The molecule has 0 aliphatic rings. The molecular formula is C10H11FN2O2. The largest absolute Gasteiger partial charge is 0.378 e. The quantitative estimate of drug-likeness (QED) is 0.766. The van der Waals surface area contributed by atoms with E-state index in [1.165, 1.54) is 13.2 Å². The van der Waals surface area contributed by atoms with Gasteiger partial charge in [0.25, 0.3) is 0 Å². The molecule has 1 amide bonds. The number of amides is 1. The molecule has 0 saturated carbocycles. The van der Waals surface area contributed by atoms with Crippen LogP contribution in [-0.2, 0) is 16.1 Å². The lowest BCUT2D eigenvalue weighted by Crippen LogP contribution is -2.11. The van der Waals surface area contributed by atoms with E-state index in [0.717, 1.165) is 12.3 Å². The second-order valence-electron chi connectivity index (χ2n) is 2.77. The van der Waals surface area contributed by atoms with E-state index >= 15 is 0 Å². The summed E-state index contributed by atoms with van der Waals surface area (Å²) in [5.41, 5.74) is 0.760. The van der Waals surface area contributed by atoms with E-state index < -0.39 is 11.7 Å². The Morgan fingerprint density at radius 1 is 1.80 bits per heavy atom. The SMILES string of the molecule is C=CC(=O)Nc1cc(F)cnc1COC. The van der Waals surface area contributed by atoms with E-state index in [0.29, 0.717) is 11.4 Å². The number of anilines is 1. The third-order valence-corrected chi connectivity index (χ3v) is 1.66. The van der Waals surface area contributed by atoms with Gasteiger partial charge in [-0.2, -0.15) is 0 Å². The Kier molecular flexibility index (Phi) is 3.93. The molecule has 1 heterocycles. The minimum absolute atomic E-state index is 0.201. The number of nitrogens with one attached hydrogen (secondary N) is 1. The van der Waals surface area contributed by atoms with Crippen LogP contribution in [0.15, 0.2) is 24.9 Å². The first-order valence-electron chi connectivity index (χ1n) is 4.24. The summed E-state index contributed by atoms with van der Waals surface area (Å²) in [6.45, 7) is 3.50. The highest BCUT2D eigenvalue weighted by molar-refractivity contribution is 5.99. The van der Waals surface area contributed by atoms with Crippen LogP contribution in [0.5, 0.6) is 0 Å². The molecule has 1 rings (SSSR count). The molecule has 0 bridgehead atoms. The molecule has 1 N–H and O–H groups in total. The second-order valence-corrected chi connectivity index (χ2v) is 2.77. The van der Waals surface area contributed by atoms with Gasteiger partial charge < -0.3 is 10.1 Å². The van der Waals surface area contributed by atoms with Crippen molar-refractivity contribution in [1.82, 2.24) is 4.98 Å². The zero-order valence-corrected chi connectivity index (χ0v) is 8.29. The van der Waals surface area contributed by atoms with Crippen LogP contribution in [0.25, 0.3) is 0 Å². The maximum atomic E-state index is 12.9. The van der Waals surface area contributed by atoms with Crippen molar-refractivity contribution in [2.45, 2.75) is 6.61 Å². The molecular weight excluding hydrogens is 199 g/mol. The van der Waals surface area contributed by atoms with Crippen LogP contribution < -0.4 is 5.32 Å². The van der Waals surface area contributed by atoms with Crippen molar-refractivity contribution in [3.8, 4) is 0 Å². The Labute approximate surface area is 86.8 Å². The number of aromatic nitrogens is 1. The minimum Gasteiger partial charge on any atom is -0.378 e. The van der Waals surface area contributed by atoms with Gasteiger partial charge in [-0.15, -0.1) is 0 Å². The van der Waals surface area contributed by atoms with Crippen molar-refractivity contribution in [1.29, 1.82) is 0 Å². The Morgan fingerprint density at radius 3 is 3.13 bits per heavy atom. The summed E-state index contributed by atoms with van der Waals surface area (Å²) in [5, 5.41) is 2.45. The highest BCUT2D eigenvalue weighted by Gasteiger charge is 2.07. The number of methoxy groups -OCH3 is 1. The third-order valence-electron chi connectivity index (χ3n) is 1.66. The molecule has 80 valence electrons. The summed E-state index contributed by atoms with van der Waals surface area (Å²) in [7, 11) is 1.49. The predicted molar refractivity (Wildman–Crippen MR) is 53.7 cm³/mol. The first-order valence-corrected chi connectivity index (χ1v) is 4.24. The first kappa shape index (κ1) is 11.3. The monoisotopic (exact) mass is 210 g/mol. The second kappa shape index (κ2) is 5.21. The number of ether oxygens (including phenoxy) is 1. The van der Waals surface area contributed by atoms with Crippen molar-refractivity contribution in [3.05, 3.63) is 36.4 Å². The molecule has 0 atom stereocenters. The summed E-state index contributed by atoms with van der Waals surface area (Å²) in [6.07, 6.45) is 2.17. The van der Waals surface area contributed by atoms with Gasteiger partial charge in [0.15, 0.2) is 0 Å². The van der Waals surface area contributed by atoms with Gasteiger partial charge in [-0.1, -0.05) is 6.58 Å². The highest BCUT2D eigenvalue weighted by atomic mass is 19.1. The van der Waals surface area contributed by atoms with Crippen molar-refractivity contribution in [3.63, 3.8) is 0 Å². The lowest BCUT2D eigenvalue weighted by molar-refractivity contribution is -0.111. The summed E-state index contributed by atoms with van der Waals surface area (Å²) in [6, 6.07) is 1.18. The smallest absolute Gasteiger partial charge is 0.247 e. The maximum absolute atomic E-state index is 12.9. The molecule has 0 unspecified atom stereocenters. The molecule has 5 heteroatoms. The van der Waals surface area contributed by atoms with Crippen LogP contribution in [-0.4, -0.2) is 18.0 Å². The summed E-state index contributed by atoms with van der Waals surface area (Å²) >= 11 is 0. The fourth-order valence-corrected chi connectivity index (χ4v) is 1.01. The Hall–Kier alpha value is -1.75. The molecule has 1 aromatic rings. The van der Waals surface area contributed by atoms with E-state index in [9.17, 15) is 9.18 Å². The van der Waals surface area contributed by atoms with Crippen LogP contribution in [0, 0.1) is 5.82 Å². The number of halogens is 1. The van der Waals surface area contributed by atoms with E-state index in [1.807, 2.05) is 0 Å². The van der Waals surface area contributed by atoms with Crippen molar-refractivity contribution in [2.24, 2.45) is 0 Å². The topological polar surface area (TPSA) is 51.2 Å². The van der Waals surface area contributed by atoms with Gasteiger partial charge in [0, 0.05) is 13.2 Å². The van der Waals surface area contributed by atoms with Gasteiger partial charge in [0.2, 0.25) is 5.91 Å². The van der Waals surface area contributed by atoms with Gasteiger partial charge in [0.05, 0.1) is 24.2 Å². The highest BCUT2D eigenvalue weighted by Crippen LogP contribution is 2.15. The summed E-state index contributed by atoms with van der Waals surface area (Å²) < 4.78 is 17.7. The Morgan fingerprint density at radius 2 is 2.53 bits per heavy atom. The summed E-state index contributed by atoms with van der Waals surface area (Å²) in [5.74, 6) is -0.936. The van der Waals surface area contributed by atoms with E-state index in [1.54, 1.807) is 0 Å². The van der Waals surface area contributed by atoms with Crippen LogP contribution in [0.3, 0.4) is 0 Å². The van der Waals surface area contributed by atoms with Crippen molar-refractivity contribution in [2.75, 3.05) is 12.4 Å². The molecule has 0 aromatic carbocycles. The van der Waals surface area contributed by atoms with Crippen LogP contribution in [0.1, 0.15) is 5.69 Å². The standard InChI is InChI=1S/C10H11FN2O2/c1-3-10(14)13-8-4-7(11)5-12-9(8)6-15-2/h3-5H,1,6H2,2H3,(H,13,14). The maximum Gasteiger partial charge on any atom is 0.247 e. The lowest BCUT2D eigenvalue weighted by atomic mass is 10.3. The van der Waals surface area contributed by atoms with Gasteiger partial charge >= 0.3 is 0 Å². The molecule has 4 nitrogen and oxygen atoms in total. The van der Waals surface area contributed by atoms with Gasteiger partial charge in [-0.05, 0) is 6.08 Å². The number of hydrogen-bond acceptors (Lipinski definition) is 3. The zero-order valence-electron chi connectivity index (χ0n) is 8.29. The molecule has 1 aromatic heterocycles. The number of hydrogen-bond donors (Lipinski definition) is 1. The van der Waals surface area contributed by atoms with Gasteiger partial charge in [-0.3, -0.25) is 9.78 Å². The van der Waals surface area contributed by atoms with Crippen LogP contribution >= 0.6 is 0 Å². The normalized spacial score (nSPS) is 9.73. The number of carbonyl (C=O) groups excluding carboxylic acids is 1. The zero-order chi connectivity index (χ0) is 11.3. The number of rotatable bonds is 4. The molecule has 0 radical (unpaired) electrons. The molecule has 0 spiro atoms. The molecule has 0 aliphatic carbocycles. The fourth-order valence-electron chi connectivity index (χ4n) is 1.01. The Bertz CT molecular complexity index is 380. The van der Waals surface area contributed by atoms with Crippen molar-refractivity contribution < 1.29 is 13.9 Å². The lowest BCUT2D eigenvalue weighted by Gasteiger charge is -2.07. The van der Waals surface area contributed by atoms with Gasteiger partial charge in [0.1, 0.15) is 5.82 Å². The molecule has 0 saturated heterocycles. The molecule has 0 aliphatic heterocycles. The average molecular weight is 210 g/mol. The van der Waals surface area contributed by atoms with Gasteiger partial charge in [-0.25, -0.2) is 4.39 Å². The average Bonchev–Trinajstić information content (AvgIpc) is 2.22. The van der Waals surface area contributed by atoms with E-state index in [4.69, 9.17) is 4.74 Å². The van der Waals surface area contributed by atoms with Crippen LogP contribution in [0.2, 0.25) is 0 Å². The minimum atomic E-state index is -0.519. The predicted octanol–water partition coefficient (Wildman–Crippen LogP) is 1.49. The fraction of sp³-hybridized carbons (Fsp3) is 0.200. The Balaban J connectivity index is 2.95. The number of carbonyl (C=O) groups is 1. The molecule has 15 heavy (non-hydrogen) atoms. The summed E-state index contributed by atoms with van der Waals surface area (Å²) in [4.78, 5) is 14.8. The van der Waals surface area contributed by atoms with E-state index in [2.05, 4.69) is 16.9 Å². The molecule has 0 fully saturated rings. The van der Waals surface area contributed by atoms with Crippen LogP contribution in [0.4, 0.5) is 10.1 Å².